The van der Waals surface area contributed by atoms with Crippen LogP contribution in [0.15, 0.2) is 24.5 Å². The van der Waals surface area contributed by atoms with Gasteiger partial charge in [-0.15, -0.1) is 0 Å². The van der Waals surface area contributed by atoms with Gasteiger partial charge < -0.3 is 9.47 Å². The molecule has 0 N–H and O–H groups in total. The number of carbonyl (C=O) groups is 1. The summed E-state index contributed by atoms with van der Waals surface area (Å²) < 4.78 is 74.0. The first-order valence-electron chi connectivity index (χ1n) is 8.65. The van der Waals surface area contributed by atoms with Gasteiger partial charge in [-0.1, -0.05) is 11.6 Å². The Balaban J connectivity index is 2.15. The Kier molecular flexibility index (Phi) is 6.30. The molecule has 0 fully saturated rings. The van der Waals surface area contributed by atoms with Gasteiger partial charge in [0.2, 0.25) is 0 Å². The predicted molar refractivity (Wildman–Crippen MR) is 95.7 cm³/mol. The maximum Gasteiger partial charge on any atom is 0.418 e. The summed E-state index contributed by atoms with van der Waals surface area (Å²) in [7, 11) is 1.05. The Morgan fingerprint density at radius 2 is 2.00 bits per heavy atom. The molecular weight excluding hydrogens is 437 g/mol. The van der Waals surface area contributed by atoms with E-state index >= 15 is 0 Å². The first-order chi connectivity index (χ1) is 14.1. The van der Waals surface area contributed by atoms with Gasteiger partial charge in [-0.25, -0.2) is 14.8 Å². The highest BCUT2D eigenvalue weighted by Gasteiger charge is 2.37. The third-order valence-corrected chi connectivity index (χ3v) is 4.77. The number of alkyl halides is 5. The second-order valence-electron chi connectivity index (χ2n) is 6.38. The van der Waals surface area contributed by atoms with Gasteiger partial charge in [-0.3, -0.25) is 4.90 Å². The molecule has 162 valence electrons. The second kappa shape index (κ2) is 8.58. The van der Waals surface area contributed by atoms with E-state index in [2.05, 4.69) is 14.7 Å². The van der Waals surface area contributed by atoms with Gasteiger partial charge in [0, 0.05) is 12.4 Å². The van der Waals surface area contributed by atoms with Gasteiger partial charge in [0.25, 0.3) is 0 Å². The molecule has 1 aliphatic carbocycles. The van der Waals surface area contributed by atoms with Crippen LogP contribution in [0.25, 0.3) is 0 Å². The maximum atomic E-state index is 13.0. The van der Waals surface area contributed by atoms with Crippen LogP contribution in [-0.4, -0.2) is 29.8 Å². The summed E-state index contributed by atoms with van der Waals surface area (Å²) in [6, 6.07) is 1.19. The molecule has 0 aliphatic heterocycles. The number of rotatable bonds is 4. The van der Waals surface area contributed by atoms with E-state index in [9.17, 15) is 26.7 Å². The fourth-order valence-corrected chi connectivity index (χ4v) is 3.50. The Hall–Kier alpha value is -2.69. The number of anilines is 1. The average molecular weight is 452 g/mol. The minimum absolute atomic E-state index is 0.230. The van der Waals surface area contributed by atoms with Gasteiger partial charge in [0.05, 0.1) is 18.7 Å². The molecule has 0 aromatic carbocycles. The summed E-state index contributed by atoms with van der Waals surface area (Å²) >= 11 is 5.91. The number of hydrogen-bond acceptors (Lipinski definition) is 5. The number of amides is 1. The molecule has 0 bridgehead atoms. The largest absolute Gasteiger partial charge is 0.452 e. The molecule has 0 radical (unpaired) electrons. The van der Waals surface area contributed by atoms with Crippen LogP contribution in [0, 0.1) is 0 Å². The van der Waals surface area contributed by atoms with Gasteiger partial charge in [-0.2, -0.15) is 22.0 Å². The fourth-order valence-electron chi connectivity index (χ4n) is 3.32. The number of halogens is 6. The summed E-state index contributed by atoms with van der Waals surface area (Å²) in [5, 5.41) is 0.230. The zero-order valence-corrected chi connectivity index (χ0v) is 16.2. The van der Waals surface area contributed by atoms with Crippen molar-refractivity contribution in [3.05, 3.63) is 46.4 Å². The number of methoxy groups -OCH3 is 1. The van der Waals surface area contributed by atoms with Crippen LogP contribution in [0.5, 0.6) is 5.75 Å². The number of pyridine rings is 2. The molecule has 0 saturated heterocycles. The SMILES string of the molecule is COC(=O)N(c1ncc(C(F)(F)F)cc1OC(F)F)C1CCCc2cc(Cl)ncc21. The Morgan fingerprint density at radius 1 is 1.27 bits per heavy atom. The van der Waals surface area contributed by atoms with Gasteiger partial charge in [-0.05, 0) is 42.5 Å². The van der Waals surface area contributed by atoms with Crippen LogP contribution in [0.2, 0.25) is 5.15 Å². The second-order valence-corrected chi connectivity index (χ2v) is 6.76. The Morgan fingerprint density at radius 3 is 2.63 bits per heavy atom. The summed E-state index contributed by atoms with van der Waals surface area (Å²) in [6.45, 7) is -3.44. The molecule has 12 heteroatoms. The van der Waals surface area contributed by atoms with Crippen LogP contribution in [-0.2, 0) is 17.3 Å². The van der Waals surface area contributed by atoms with Gasteiger partial charge in [0.1, 0.15) is 5.15 Å². The standard InChI is InChI=1S/C18H15ClF5N3O3/c1-29-17(28)27(12-4-2-3-9-5-14(19)25-8-11(9)12)15-13(30-16(20)21)6-10(7-26-15)18(22,23)24/h5-8,12,16H,2-4H2,1H3. The fraction of sp³-hybridized carbons (Fsp3) is 0.389. The summed E-state index contributed by atoms with van der Waals surface area (Å²) in [5.74, 6) is -1.43. The molecule has 2 aromatic rings. The number of ether oxygens (including phenoxy) is 2. The van der Waals surface area contributed by atoms with E-state index in [0.29, 0.717) is 37.1 Å². The normalized spacial score (nSPS) is 16.2. The summed E-state index contributed by atoms with van der Waals surface area (Å²) in [4.78, 5) is 21.1. The topological polar surface area (TPSA) is 64.5 Å². The van der Waals surface area contributed by atoms with Gasteiger partial charge >= 0.3 is 18.9 Å². The molecule has 2 heterocycles. The van der Waals surface area contributed by atoms with Crippen molar-refractivity contribution >= 4 is 23.5 Å². The van der Waals surface area contributed by atoms with Crippen LogP contribution in [0.3, 0.4) is 0 Å². The maximum absolute atomic E-state index is 13.0. The molecular formula is C18H15ClF5N3O3. The highest BCUT2D eigenvalue weighted by atomic mass is 35.5. The molecule has 1 amide bonds. The van der Waals surface area contributed by atoms with E-state index in [1.807, 2.05) is 0 Å². The van der Waals surface area contributed by atoms with E-state index in [1.165, 1.54) is 6.20 Å². The van der Waals surface area contributed by atoms with Crippen molar-refractivity contribution in [2.24, 2.45) is 0 Å². The highest BCUT2D eigenvalue weighted by Crippen LogP contribution is 2.42. The predicted octanol–water partition coefficient (Wildman–Crippen LogP) is 5.40. The smallest absolute Gasteiger partial charge is 0.418 e. The van der Waals surface area contributed by atoms with Crippen molar-refractivity contribution < 1.29 is 36.2 Å². The molecule has 2 aromatic heterocycles. The minimum atomic E-state index is -4.85. The van der Waals surface area contributed by atoms with Crippen LogP contribution < -0.4 is 9.64 Å². The third-order valence-electron chi connectivity index (χ3n) is 4.56. The lowest BCUT2D eigenvalue weighted by Crippen LogP contribution is -2.38. The first kappa shape index (κ1) is 22.0. The van der Waals surface area contributed by atoms with Crippen molar-refractivity contribution in [1.82, 2.24) is 9.97 Å². The molecule has 6 nitrogen and oxygen atoms in total. The number of aryl methyl sites for hydroxylation is 1. The van der Waals surface area contributed by atoms with Crippen LogP contribution in [0.4, 0.5) is 32.6 Å². The molecule has 1 unspecified atom stereocenters. The molecule has 0 spiro atoms. The van der Waals surface area contributed by atoms with Crippen molar-refractivity contribution in [1.29, 1.82) is 0 Å². The molecule has 1 aliphatic rings. The summed E-state index contributed by atoms with van der Waals surface area (Å²) in [6.07, 6.45) is -2.40. The first-order valence-corrected chi connectivity index (χ1v) is 9.03. The van der Waals surface area contributed by atoms with Gasteiger partial charge in [0.15, 0.2) is 11.6 Å². The Bertz CT molecular complexity index is 942. The van der Waals surface area contributed by atoms with Crippen molar-refractivity contribution in [3.8, 4) is 5.75 Å². The van der Waals surface area contributed by atoms with E-state index in [0.717, 1.165) is 17.6 Å². The van der Waals surface area contributed by atoms with Crippen molar-refractivity contribution in [3.63, 3.8) is 0 Å². The third kappa shape index (κ3) is 4.55. The highest BCUT2D eigenvalue weighted by molar-refractivity contribution is 6.29. The summed E-state index contributed by atoms with van der Waals surface area (Å²) in [5.41, 5.74) is 0.0216. The molecule has 1 atom stereocenters. The lowest BCUT2D eigenvalue weighted by molar-refractivity contribution is -0.138. The number of nitrogens with zero attached hydrogens (tertiary/aromatic N) is 3. The number of carbonyl (C=O) groups excluding carboxylic acids is 1. The molecule has 0 saturated carbocycles. The van der Waals surface area contributed by atoms with Crippen LogP contribution >= 0.6 is 11.6 Å². The minimum Gasteiger partial charge on any atom is -0.452 e. The quantitative estimate of drug-likeness (QED) is 0.460. The zero-order valence-electron chi connectivity index (χ0n) is 15.4. The zero-order chi connectivity index (χ0) is 22.1. The van der Waals surface area contributed by atoms with E-state index < -0.39 is 42.1 Å². The van der Waals surface area contributed by atoms with Crippen molar-refractivity contribution in [2.45, 2.75) is 38.1 Å². The Labute approximate surface area is 172 Å². The van der Waals surface area contributed by atoms with Crippen molar-refractivity contribution in [2.75, 3.05) is 12.0 Å². The lowest BCUT2D eigenvalue weighted by atomic mass is 9.88. The number of aromatic nitrogens is 2. The van der Waals surface area contributed by atoms with E-state index in [-0.39, 0.29) is 5.15 Å². The lowest BCUT2D eigenvalue weighted by Gasteiger charge is -2.34. The van der Waals surface area contributed by atoms with Crippen LogP contribution in [0.1, 0.15) is 35.6 Å². The number of hydrogen-bond donors (Lipinski definition) is 0. The van der Waals surface area contributed by atoms with E-state index in [1.54, 1.807) is 6.07 Å². The number of fused-ring (bicyclic) bond motifs is 1. The molecule has 30 heavy (non-hydrogen) atoms. The average Bonchev–Trinajstić information content (AvgIpc) is 2.67. The van der Waals surface area contributed by atoms with E-state index in [4.69, 9.17) is 16.3 Å². The molecule has 3 rings (SSSR count). The monoisotopic (exact) mass is 451 g/mol.